The fourth-order valence-electron chi connectivity index (χ4n) is 3.15. The molecule has 0 spiro atoms. The Balaban J connectivity index is 1.86. The monoisotopic (exact) mass is 332 g/mol. The van der Waals surface area contributed by atoms with Crippen molar-refractivity contribution in [1.29, 1.82) is 0 Å². The maximum atomic E-state index is 13.0. The van der Waals surface area contributed by atoms with Gasteiger partial charge in [-0.3, -0.25) is 4.79 Å². The zero-order valence-electron chi connectivity index (χ0n) is 14.2. The third-order valence-electron chi connectivity index (χ3n) is 4.33. The maximum absolute atomic E-state index is 13.0. The van der Waals surface area contributed by atoms with E-state index < -0.39 is 0 Å². The number of hydrogen-bond acceptors (Lipinski definition) is 4. The van der Waals surface area contributed by atoms with Gasteiger partial charge >= 0.3 is 0 Å². The fraction of sp³-hybridized carbons (Fsp3) is 0.500. The average Bonchev–Trinajstić information content (AvgIpc) is 2.99. The lowest BCUT2D eigenvalue weighted by Crippen LogP contribution is -2.47. The van der Waals surface area contributed by atoms with Crippen molar-refractivity contribution in [2.75, 3.05) is 47.1 Å². The topological polar surface area (TPSA) is 52.9 Å². The molecule has 0 bridgehead atoms. The molecule has 1 aromatic heterocycles. The number of rotatable bonds is 6. The largest absolute Gasteiger partial charge is 0.383 e. The first kappa shape index (κ1) is 17.0. The Kier molecular flexibility index (Phi) is 5.50. The molecule has 1 fully saturated rings. The van der Waals surface area contributed by atoms with E-state index in [0.29, 0.717) is 32.9 Å². The maximum Gasteiger partial charge on any atom is 0.256 e. The lowest BCUT2D eigenvalue weighted by atomic mass is 10.1. The number of benzene rings is 1. The molecule has 1 aromatic carbocycles. The van der Waals surface area contributed by atoms with Crippen LogP contribution in [0.15, 0.2) is 30.5 Å². The van der Waals surface area contributed by atoms with Gasteiger partial charge in [-0.2, -0.15) is 0 Å². The van der Waals surface area contributed by atoms with Crippen molar-refractivity contribution in [1.82, 2.24) is 9.47 Å². The standard InChI is InChI=1S/C18H24N2O4/c1-22-9-7-19-12-16(15-5-3-4-6-17(15)19)18(21)20-8-10-24-14(11-20)13-23-2/h3-6,12,14H,7-11,13H2,1-2H3/t14-/m1/s1. The minimum Gasteiger partial charge on any atom is -0.383 e. The number of aromatic nitrogens is 1. The van der Waals surface area contributed by atoms with Gasteiger partial charge in [-0.05, 0) is 6.07 Å². The van der Waals surface area contributed by atoms with Crippen LogP contribution in [0.5, 0.6) is 0 Å². The second-order valence-corrected chi connectivity index (χ2v) is 5.95. The van der Waals surface area contributed by atoms with Crippen LogP contribution in [0.25, 0.3) is 10.9 Å². The summed E-state index contributed by atoms with van der Waals surface area (Å²) in [5.74, 6) is 0.0479. The minimum atomic E-state index is -0.0606. The van der Waals surface area contributed by atoms with Crippen LogP contribution in [-0.2, 0) is 20.8 Å². The van der Waals surface area contributed by atoms with Crippen LogP contribution >= 0.6 is 0 Å². The van der Waals surface area contributed by atoms with E-state index >= 15 is 0 Å². The van der Waals surface area contributed by atoms with E-state index in [4.69, 9.17) is 14.2 Å². The van der Waals surface area contributed by atoms with E-state index in [-0.39, 0.29) is 12.0 Å². The van der Waals surface area contributed by atoms with Crippen LogP contribution in [0.3, 0.4) is 0 Å². The quantitative estimate of drug-likeness (QED) is 0.809. The van der Waals surface area contributed by atoms with Gasteiger partial charge in [0, 0.05) is 51.0 Å². The molecule has 0 aliphatic carbocycles. The van der Waals surface area contributed by atoms with Crippen LogP contribution in [0.4, 0.5) is 0 Å². The molecule has 2 aromatic rings. The van der Waals surface area contributed by atoms with E-state index in [1.165, 1.54) is 0 Å². The smallest absolute Gasteiger partial charge is 0.256 e. The lowest BCUT2D eigenvalue weighted by molar-refractivity contribution is -0.0530. The molecule has 24 heavy (non-hydrogen) atoms. The Bertz CT molecular complexity index is 695. The van der Waals surface area contributed by atoms with Crippen molar-refractivity contribution in [3.63, 3.8) is 0 Å². The number of ether oxygens (including phenoxy) is 3. The van der Waals surface area contributed by atoms with Crippen molar-refractivity contribution in [3.05, 3.63) is 36.0 Å². The molecular weight excluding hydrogens is 308 g/mol. The number of methoxy groups -OCH3 is 2. The highest BCUT2D eigenvalue weighted by molar-refractivity contribution is 6.07. The van der Waals surface area contributed by atoms with Crippen LogP contribution in [-0.4, -0.2) is 68.6 Å². The highest BCUT2D eigenvalue weighted by atomic mass is 16.5. The minimum absolute atomic E-state index is 0.0479. The van der Waals surface area contributed by atoms with E-state index in [2.05, 4.69) is 4.57 Å². The third-order valence-corrected chi connectivity index (χ3v) is 4.33. The Hall–Kier alpha value is -1.89. The van der Waals surface area contributed by atoms with Gasteiger partial charge in [-0.25, -0.2) is 0 Å². The molecule has 0 saturated carbocycles. The SMILES string of the molecule is COCCn1cc(C(=O)N2CCO[C@@H](COC)C2)c2ccccc21. The second-order valence-electron chi connectivity index (χ2n) is 5.95. The summed E-state index contributed by atoms with van der Waals surface area (Å²) in [6.07, 6.45) is 1.88. The van der Waals surface area contributed by atoms with Crippen molar-refractivity contribution in [2.24, 2.45) is 0 Å². The highest BCUT2D eigenvalue weighted by Gasteiger charge is 2.27. The van der Waals surface area contributed by atoms with Crippen LogP contribution in [0.2, 0.25) is 0 Å². The van der Waals surface area contributed by atoms with Crippen molar-refractivity contribution in [2.45, 2.75) is 12.6 Å². The Morgan fingerprint density at radius 1 is 1.29 bits per heavy atom. The van der Waals surface area contributed by atoms with Gasteiger partial charge < -0.3 is 23.7 Å². The summed E-state index contributed by atoms with van der Waals surface area (Å²) in [5, 5.41) is 0.980. The zero-order valence-corrected chi connectivity index (χ0v) is 14.2. The molecule has 130 valence electrons. The Morgan fingerprint density at radius 3 is 2.92 bits per heavy atom. The molecule has 6 nitrogen and oxygen atoms in total. The lowest BCUT2D eigenvalue weighted by Gasteiger charge is -2.32. The van der Waals surface area contributed by atoms with E-state index in [1.54, 1.807) is 14.2 Å². The number of carbonyl (C=O) groups is 1. The number of morpholine rings is 1. The summed E-state index contributed by atoms with van der Waals surface area (Å²) in [7, 11) is 3.33. The van der Waals surface area contributed by atoms with Crippen LogP contribution < -0.4 is 0 Å². The molecule has 3 rings (SSSR count). The van der Waals surface area contributed by atoms with E-state index in [1.807, 2.05) is 35.4 Å². The van der Waals surface area contributed by atoms with E-state index in [9.17, 15) is 4.79 Å². The summed E-state index contributed by atoms with van der Waals surface area (Å²) >= 11 is 0. The predicted octanol–water partition coefficient (Wildman–Crippen LogP) is 1.78. The summed E-state index contributed by atoms with van der Waals surface area (Å²) in [4.78, 5) is 14.9. The summed E-state index contributed by atoms with van der Waals surface area (Å²) in [6.45, 7) is 3.54. The highest BCUT2D eigenvalue weighted by Crippen LogP contribution is 2.23. The molecule has 1 amide bonds. The number of nitrogens with zero attached hydrogens (tertiary/aromatic N) is 2. The van der Waals surface area contributed by atoms with E-state index in [0.717, 1.165) is 23.0 Å². The van der Waals surface area contributed by atoms with Gasteiger partial charge in [0.2, 0.25) is 0 Å². The van der Waals surface area contributed by atoms with Gasteiger partial charge in [0.25, 0.3) is 5.91 Å². The summed E-state index contributed by atoms with van der Waals surface area (Å²) < 4.78 is 18.1. The number of fused-ring (bicyclic) bond motifs is 1. The van der Waals surface area contributed by atoms with Gasteiger partial charge in [-0.15, -0.1) is 0 Å². The van der Waals surface area contributed by atoms with Gasteiger partial charge in [0.05, 0.1) is 31.5 Å². The number of amides is 1. The summed E-state index contributed by atoms with van der Waals surface area (Å²) in [6, 6.07) is 7.99. The molecule has 1 aliphatic rings. The van der Waals surface area contributed by atoms with Crippen LogP contribution in [0, 0.1) is 0 Å². The van der Waals surface area contributed by atoms with Gasteiger partial charge in [0.1, 0.15) is 0 Å². The van der Waals surface area contributed by atoms with Gasteiger partial charge in [-0.1, -0.05) is 18.2 Å². The van der Waals surface area contributed by atoms with Gasteiger partial charge in [0.15, 0.2) is 0 Å². The second kappa shape index (κ2) is 7.79. The molecule has 0 N–H and O–H groups in total. The first-order valence-electron chi connectivity index (χ1n) is 8.21. The molecular formula is C18H24N2O4. The predicted molar refractivity (Wildman–Crippen MR) is 91.3 cm³/mol. The summed E-state index contributed by atoms with van der Waals surface area (Å²) in [5.41, 5.74) is 1.79. The zero-order chi connectivity index (χ0) is 16.9. The molecule has 1 saturated heterocycles. The van der Waals surface area contributed by atoms with Crippen molar-refractivity contribution < 1.29 is 19.0 Å². The first-order valence-corrected chi connectivity index (χ1v) is 8.21. The molecule has 0 unspecified atom stereocenters. The first-order chi connectivity index (χ1) is 11.7. The average molecular weight is 332 g/mol. The Morgan fingerprint density at radius 2 is 2.12 bits per heavy atom. The third kappa shape index (κ3) is 3.45. The number of para-hydroxylation sites is 1. The molecule has 6 heteroatoms. The van der Waals surface area contributed by atoms with Crippen LogP contribution in [0.1, 0.15) is 10.4 Å². The normalized spacial score (nSPS) is 18.2. The fourth-order valence-corrected chi connectivity index (χ4v) is 3.15. The number of hydrogen-bond donors (Lipinski definition) is 0. The van der Waals surface area contributed by atoms with Crippen molar-refractivity contribution >= 4 is 16.8 Å². The molecule has 1 aliphatic heterocycles. The number of carbonyl (C=O) groups excluding carboxylic acids is 1. The molecule has 1 atom stereocenters. The molecule has 2 heterocycles. The molecule has 0 radical (unpaired) electrons. The van der Waals surface area contributed by atoms with Crippen molar-refractivity contribution in [3.8, 4) is 0 Å². The Labute approximate surface area is 141 Å².